The summed E-state index contributed by atoms with van der Waals surface area (Å²) in [5, 5.41) is 7.45. The maximum Gasteiger partial charge on any atom is 0.358 e. The Morgan fingerprint density at radius 3 is 2.66 bits per heavy atom. The van der Waals surface area contributed by atoms with E-state index in [-0.39, 0.29) is 35.8 Å². The number of anilines is 1. The molecule has 0 saturated heterocycles. The Kier molecular flexibility index (Phi) is 6.28. The van der Waals surface area contributed by atoms with E-state index in [4.69, 9.17) is 4.74 Å². The fraction of sp³-hybridized carbons (Fsp3) is 0.478. The number of nitrogens with one attached hydrogen (secondary N) is 1. The number of aromatic nitrogens is 2. The third-order valence-electron chi connectivity index (χ3n) is 6.29. The molecule has 1 fully saturated rings. The predicted molar refractivity (Wildman–Crippen MR) is 122 cm³/mol. The van der Waals surface area contributed by atoms with Gasteiger partial charge in [0, 0.05) is 22.7 Å². The molecule has 0 unspecified atom stereocenters. The number of ether oxygens (including phenoxy) is 1. The van der Waals surface area contributed by atoms with Crippen LogP contribution in [0.5, 0.6) is 0 Å². The van der Waals surface area contributed by atoms with Crippen molar-refractivity contribution in [3.63, 3.8) is 0 Å². The van der Waals surface area contributed by atoms with Gasteiger partial charge in [0.25, 0.3) is 5.91 Å². The van der Waals surface area contributed by atoms with Gasteiger partial charge in [0.05, 0.1) is 13.7 Å². The van der Waals surface area contributed by atoms with Crippen LogP contribution in [0.3, 0.4) is 0 Å². The van der Waals surface area contributed by atoms with Crippen LogP contribution < -0.4 is 10.2 Å². The smallest absolute Gasteiger partial charge is 0.358 e. The van der Waals surface area contributed by atoms with Crippen LogP contribution in [0.2, 0.25) is 0 Å². The van der Waals surface area contributed by atoms with E-state index in [0.29, 0.717) is 5.69 Å². The van der Waals surface area contributed by atoms with Gasteiger partial charge >= 0.3 is 5.97 Å². The van der Waals surface area contributed by atoms with Crippen molar-refractivity contribution in [1.29, 1.82) is 0 Å². The topological polar surface area (TPSA) is 93.5 Å². The highest BCUT2D eigenvalue weighted by Gasteiger charge is 2.49. The first kappa shape index (κ1) is 22.4. The Labute approximate surface area is 191 Å². The molecule has 2 aliphatic rings. The van der Waals surface area contributed by atoms with Crippen molar-refractivity contribution >= 4 is 35.2 Å². The van der Waals surface area contributed by atoms with Gasteiger partial charge in [-0.3, -0.25) is 19.2 Å². The average Bonchev–Trinajstić information content (AvgIpc) is 3.23. The van der Waals surface area contributed by atoms with Crippen LogP contribution in [0.15, 0.2) is 35.2 Å². The molecule has 8 nitrogen and oxygen atoms in total. The van der Waals surface area contributed by atoms with Crippen LogP contribution in [0.4, 0.5) is 5.69 Å². The third-order valence-corrected chi connectivity index (χ3v) is 7.01. The van der Waals surface area contributed by atoms with E-state index in [1.807, 2.05) is 30.5 Å². The molecule has 170 valence electrons. The lowest BCUT2D eigenvalue weighted by Gasteiger charge is -2.44. The summed E-state index contributed by atoms with van der Waals surface area (Å²) in [5.41, 5.74) is -0.276. The number of rotatable bonds is 5. The van der Waals surface area contributed by atoms with E-state index in [1.54, 1.807) is 23.6 Å². The van der Waals surface area contributed by atoms with Crippen LogP contribution in [0.1, 0.15) is 60.0 Å². The van der Waals surface area contributed by atoms with Crippen molar-refractivity contribution in [3.8, 4) is 0 Å². The van der Waals surface area contributed by atoms with Crippen molar-refractivity contribution in [2.75, 3.05) is 18.3 Å². The summed E-state index contributed by atoms with van der Waals surface area (Å²) < 4.78 is 6.22. The van der Waals surface area contributed by atoms with Crippen molar-refractivity contribution in [1.82, 2.24) is 15.1 Å². The second kappa shape index (κ2) is 8.97. The number of carbonyl (C=O) groups excluding carboxylic acids is 3. The van der Waals surface area contributed by atoms with Gasteiger partial charge in [-0.1, -0.05) is 25.3 Å². The molecule has 0 radical (unpaired) electrons. The molecule has 1 aliphatic carbocycles. The number of nitrogens with zero attached hydrogens (tertiary/aromatic N) is 3. The van der Waals surface area contributed by atoms with Crippen LogP contribution >= 0.6 is 11.8 Å². The van der Waals surface area contributed by atoms with Crippen molar-refractivity contribution in [3.05, 3.63) is 41.7 Å². The van der Waals surface area contributed by atoms with Gasteiger partial charge in [0.2, 0.25) is 5.91 Å². The molecular formula is C23H28N4O4S. The van der Waals surface area contributed by atoms with E-state index in [0.717, 1.165) is 30.6 Å². The SMILES string of the molecule is COC(=O)c1cc2n(n1)C[C@](C)(C(=O)NC1CCCCC1)N(c1cccc(SC)c1)C2=O. The minimum Gasteiger partial charge on any atom is -0.464 e. The zero-order valence-electron chi connectivity index (χ0n) is 18.6. The van der Waals surface area contributed by atoms with Crippen LogP contribution in [-0.4, -0.2) is 52.5 Å². The lowest BCUT2D eigenvalue weighted by molar-refractivity contribution is -0.127. The summed E-state index contributed by atoms with van der Waals surface area (Å²) >= 11 is 1.56. The molecule has 2 heterocycles. The predicted octanol–water partition coefficient (Wildman–Crippen LogP) is 3.26. The maximum atomic E-state index is 13.7. The van der Waals surface area contributed by atoms with Gasteiger partial charge in [-0.05, 0) is 44.2 Å². The van der Waals surface area contributed by atoms with E-state index in [1.165, 1.54) is 24.3 Å². The first-order valence-corrected chi connectivity index (χ1v) is 12.1. The minimum absolute atomic E-state index is 0.0469. The summed E-state index contributed by atoms with van der Waals surface area (Å²) in [7, 11) is 1.27. The molecule has 1 saturated carbocycles. The number of carbonyl (C=O) groups is 3. The Morgan fingerprint density at radius 1 is 1.22 bits per heavy atom. The lowest BCUT2D eigenvalue weighted by Crippen LogP contribution is -2.65. The fourth-order valence-corrected chi connectivity index (χ4v) is 4.98. The zero-order valence-corrected chi connectivity index (χ0v) is 19.4. The molecule has 1 aromatic heterocycles. The normalized spacial score (nSPS) is 21.2. The molecule has 2 aromatic rings. The van der Waals surface area contributed by atoms with Crippen molar-refractivity contribution in [2.45, 2.75) is 62.0 Å². The summed E-state index contributed by atoms with van der Waals surface area (Å²) in [5.74, 6) is -1.21. The number of thioether (sulfide) groups is 1. The monoisotopic (exact) mass is 456 g/mol. The van der Waals surface area contributed by atoms with Gasteiger partial charge in [-0.2, -0.15) is 5.10 Å². The summed E-state index contributed by atoms with van der Waals surface area (Å²) in [6.45, 7) is 1.89. The number of amides is 2. The molecule has 1 aliphatic heterocycles. The molecule has 1 aromatic carbocycles. The van der Waals surface area contributed by atoms with E-state index < -0.39 is 11.5 Å². The molecule has 32 heavy (non-hydrogen) atoms. The van der Waals surface area contributed by atoms with Gasteiger partial charge < -0.3 is 10.1 Å². The molecule has 4 rings (SSSR count). The van der Waals surface area contributed by atoms with E-state index >= 15 is 0 Å². The average molecular weight is 457 g/mol. The molecule has 1 N–H and O–H groups in total. The quantitative estimate of drug-likeness (QED) is 0.548. The maximum absolute atomic E-state index is 13.7. The Balaban J connectivity index is 1.76. The number of hydrogen-bond acceptors (Lipinski definition) is 6. The summed E-state index contributed by atoms with van der Waals surface area (Å²) in [6.07, 6.45) is 7.21. The standard InChI is InChI=1S/C23H28N4O4S/c1-23(22(30)24-15-8-5-4-6-9-15)14-26-19(13-18(25-26)21(29)31-2)20(28)27(23)16-10-7-11-17(12-16)32-3/h7,10-13,15H,4-6,8-9,14H2,1-3H3,(H,24,30)/t23-/m1/s1. The Morgan fingerprint density at radius 2 is 1.97 bits per heavy atom. The van der Waals surface area contributed by atoms with E-state index in [2.05, 4.69) is 10.4 Å². The van der Waals surface area contributed by atoms with Crippen molar-refractivity contribution < 1.29 is 19.1 Å². The summed E-state index contributed by atoms with van der Waals surface area (Å²) in [4.78, 5) is 41.9. The Bertz CT molecular complexity index is 1050. The molecule has 2 amide bonds. The number of hydrogen-bond donors (Lipinski definition) is 1. The molecule has 0 spiro atoms. The Hall–Kier alpha value is -2.81. The fourth-order valence-electron chi connectivity index (χ4n) is 4.53. The second-order valence-corrected chi connectivity index (χ2v) is 9.37. The summed E-state index contributed by atoms with van der Waals surface area (Å²) in [6, 6.07) is 9.10. The van der Waals surface area contributed by atoms with Gasteiger partial charge in [-0.25, -0.2) is 4.79 Å². The van der Waals surface area contributed by atoms with Crippen LogP contribution in [0.25, 0.3) is 0 Å². The first-order valence-electron chi connectivity index (χ1n) is 10.8. The van der Waals surface area contributed by atoms with Crippen LogP contribution in [0, 0.1) is 0 Å². The highest BCUT2D eigenvalue weighted by molar-refractivity contribution is 7.98. The molecular weight excluding hydrogens is 428 g/mol. The molecule has 9 heteroatoms. The number of fused-ring (bicyclic) bond motifs is 1. The third kappa shape index (κ3) is 4.01. The lowest BCUT2D eigenvalue weighted by atomic mass is 9.91. The highest BCUT2D eigenvalue weighted by atomic mass is 32.2. The minimum atomic E-state index is -1.21. The van der Waals surface area contributed by atoms with Crippen LogP contribution in [-0.2, 0) is 16.1 Å². The first-order chi connectivity index (χ1) is 15.4. The largest absolute Gasteiger partial charge is 0.464 e. The molecule has 1 atom stereocenters. The van der Waals surface area contributed by atoms with Gasteiger partial charge in [0.1, 0.15) is 11.2 Å². The number of benzene rings is 1. The zero-order chi connectivity index (χ0) is 22.9. The number of methoxy groups -OCH3 is 1. The van der Waals surface area contributed by atoms with Gasteiger partial charge in [-0.15, -0.1) is 11.8 Å². The van der Waals surface area contributed by atoms with Gasteiger partial charge in [0.15, 0.2) is 5.69 Å². The second-order valence-electron chi connectivity index (χ2n) is 8.49. The number of esters is 1. The van der Waals surface area contributed by atoms with Crippen molar-refractivity contribution in [2.24, 2.45) is 0 Å². The van der Waals surface area contributed by atoms with E-state index in [9.17, 15) is 14.4 Å². The highest BCUT2D eigenvalue weighted by Crippen LogP contribution is 2.35. The molecule has 0 bridgehead atoms.